The summed E-state index contributed by atoms with van der Waals surface area (Å²) in [5.41, 5.74) is 2.16. The van der Waals surface area contributed by atoms with E-state index in [1.54, 1.807) is 0 Å². The van der Waals surface area contributed by atoms with Gasteiger partial charge in [-0.05, 0) is 62.0 Å². The summed E-state index contributed by atoms with van der Waals surface area (Å²) in [4.78, 5) is 0. The van der Waals surface area contributed by atoms with E-state index < -0.39 is 0 Å². The highest BCUT2D eigenvalue weighted by molar-refractivity contribution is 9.10. The molecule has 1 aliphatic rings. The second-order valence-corrected chi connectivity index (χ2v) is 6.44. The summed E-state index contributed by atoms with van der Waals surface area (Å²) in [5.74, 6) is 0.533. The Morgan fingerprint density at radius 1 is 1.53 bits per heavy atom. The fourth-order valence-corrected chi connectivity index (χ4v) is 3.64. The summed E-state index contributed by atoms with van der Waals surface area (Å²) in [6, 6.07) is 0. The monoisotopic (exact) mass is 329 g/mol. The van der Waals surface area contributed by atoms with Gasteiger partial charge in [0, 0.05) is 17.8 Å². The first-order valence-corrected chi connectivity index (χ1v) is 7.82. The third-order valence-electron chi connectivity index (χ3n) is 4.72. The molecule has 2 rings (SSSR count). The highest BCUT2D eigenvalue weighted by Gasteiger charge is 2.40. The molecule has 1 heterocycles. The van der Waals surface area contributed by atoms with Gasteiger partial charge in [0.15, 0.2) is 0 Å². The van der Waals surface area contributed by atoms with Crippen LogP contribution in [0.1, 0.15) is 37.1 Å². The lowest BCUT2D eigenvalue weighted by Crippen LogP contribution is -2.49. The highest BCUT2D eigenvalue weighted by atomic mass is 79.9. The maximum Gasteiger partial charge on any atom is 0.0738 e. The van der Waals surface area contributed by atoms with Crippen LogP contribution in [0.5, 0.6) is 0 Å². The first-order chi connectivity index (χ1) is 9.04. The van der Waals surface area contributed by atoms with E-state index in [0.29, 0.717) is 5.92 Å². The van der Waals surface area contributed by atoms with Gasteiger partial charge in [-0.1, -0.05) is 6.42 Å². The van der Waals surface area contributed by atoms with Gasteiger partial charge in [0.25, 0.3) is 0 Å². The molecule has 108 valence electrons. The highest BCUT2D eigenvalue weighted by Crippen LogP contribution is 2.37. The van der Waals surface area contributed by atoms with Crippen LogP contribution in [0.4, 0.5) is 0 Å². The Morgan fingerprint density at radius 2 is 2.26 bits per heavy atom. The first-order valence-electron chi connectivity index (χ1n) is 7.03. The third kappa shape index (κ3) is 2.73. The minimum atomic E-state index is -0.0761. The zero-order valence-corrected chi connectivity index (χ0v) is 13.6. The van der Waals surface area contributed by atoms with Gasteiger partial charge in [-0.15, -0.1) is 0 Å². The molecule has 0 saturated heterocycles. The van der Waals surface area contributed by atoms with E-state index in [1.807, 2.05) is 14.0 Å². The zero-order chi connectivity index (χ0) is 14.0. The Kier molecular flexibility index (Phi) is 4.69. The molecule has 1 aliphatic carbocycles. The maximum absolute atomic E-state index is 9.69. The molecule has 2 unspecified atom stereocenters. The molecule has 19 heavy (non-hydrogen) atoms. The molecule has 4 nitrogen and oxygen atoms in total. The lowest BCUT2D eigenvalue weighted by atomic mass is 9.85. The Labute approximate surface area is 123 Å². The summed E-state index contributed by atoms with van der Waals surface area (Å²) >= 11 is 3.57. The lowest BCUT2D eigenvalue weighted by Gasteiger charge is -2.33. The Hall–Kier alpha value is -0.390. The zero-order valence-electron chi connectivity index (χ0n) is 12.0. The predicted octanol–water partition coefficient (Wildman–Crippen LogP) is 2.40. The van der Waals surface area contributed by atoms with E-state index in [1.165, 1.54) is 18.5 Å². The van der Waals surface area contributed by atoms with Crippen LogP contribution < -0.4 is 5.32 Å². The number of likely N-dealkylation sites (N-methyl/N-ethyl adjacent to an activating group) is 1. The van der Waals surface area contributed by atoms with Gasteiger partial charge in [0.2, 0.25) is 0 Å². The molecule has 0 spiro atoms. The molecule has 0 bridgehead atoms. The van der Waals surface area contributed by atoms with E-state index in [2.05, 4.69) is 38.0 Å². The molecule has 0 aromatic carbocycles. The molecule has 1 aromatic rings. The van der Waals surface area contributed by atoms with Crippen molar-refractivity contribution in [3.63, 3.8) is 0 Å². The second kappa shape index (κ2) is 5.94. The molecule has 1 saturated carbocycles. The smallest absolute Gasteiger partial charge is 0.0738 e. The van der Waals surface area contributed by atoms with Crippen molar-refractivity contribution in [2.75, 3.05) is 13.7 Å². The first kappa shape index (κ1) is 15.0. The average Bonchev–Trinajstić information content (AvgIpc) is 2.94. The van der Waals surface area contributed by atoms with Crippen LogP contribution in [0.15, 0.2) is 4.47 Å². The van der Waals surface area contributed by atoms with Gasteiger partial charge in [-0.2, -0.15) is 5.10 Å². The van der Waals surface area contributed by atoms with Crippen LogP contribution in [-0.4, -0.2) is 34.1 Å². The van der Waals surface area contributed by atoms with Crippen molar-refractivity contribution in [2.45, 2.75) is 51.6 Å². The van der Waals surface area contributed by atoms with Crippen molar-refractivity contribution < 1.29 is 5.11 Å². The topological polar surface area (TPSA) is 50.1 Å². The molecular weight excluding hydrogens is 306 g/mol. The quantitative estimate of drug-likeness (QED) is 0.872. The Bertz CT molecular complexity index is 440. The van der Waals surface area contributed by atoms with Crippen LogP contribution in [0.25, 0.3) is 0 Å². The van der Waals surface area contributed by atoms with Gasteiger partial charge in [-0.25, -0.2) is 0 Å². The van der Waals surface area contributed by atoms with Crippen LogP contribution in [-0.2, 0) is 6.54 Å². The molecule has 0 amide bonds. The van der Waals surface area contributed by atoms with Gasteiger partial charge in [0.05, 0.1) is 16.8 Å². The molecule has 5 heteroatoms. The van der Waals surface area contributed by atoms with Crippen molar-refractivity contribution >= 4 is 15.9 Å². The van der Waals surface area contributed by atoms with Crippen LogP contribution in [0.2, 0.25) is 0 Å². The summed E-state index contributed by atoms with van der Waals surface area (Å²) < 4.78 is 3.19. The average molecular weight is 330 g/mol. The number of hydrogen-bond donors (Lipinski definition) is 2. The van der Waals surface area contributed by atoms with Crippen molar-refractivity contribution in [3.8, 4) is 0 Å². The van der Waals surface area contributed by atoms with Gasteiger partial charge in [-0.3, -0.25) is 4.68 Å². The van der Waals surface area contributed by atoms with E-state index >= 15 is 0 Å². The Balaban J connectivity index is 2.04. The number of nitrogens with zero attached hydrogens (tertiary/aromatic N) is 2. The molecule has 0 radical (unpaired) electrons. The molecular formula is C14H24BrN3O. The second-order valence-electron chi connectivity index (χ2n) is 5.65. The number of aliphatic hydroxyl groups is 1. The van der Waals surface area contributed by atoms with E-state index in [9.17, 15) is 5.11 Å². The van der Waals surface area contributed by atoms with Crippen LogP contribution in [0.3, 0.4) is 0 Å². The number of rotatable bonds is 5. The molecule has 1 aromatic heterocycles. The van der Waals surface area contributed by atoms with E-state index in [4.69, 9.17) is 0 Å². The number of aryl methyl sites for hydroxylation is 2. The molecule has 1 fully saturated rings. The van der Waals surface area contributed by atoms with Gasteiger partial charge >= 0.3 is 0 Å². The molecule has 2 N–H and O–H groups in total. The van der Waals surface area contributed by atoms with E-state index in [0.717, 1.165) is 29.6 Å². The van der Waals surface area contributed by atoms with Crippen molar-refractivity contribution in [2.24, 2.45) is 5.92 Å². The summed E-state index contributed by atoms with van der Waals surface area (Å²) in [6.07, 6.45) is 4.54. The lowest BCUT2D eigenvalue weighted by molar-refractivity contribution is 0.124. The number of aromatic nitrogens is 2. The fourth-order valence-electron chi connectivity index (χ4n) is 3.35. The van der Waals surface area contributed by atoms with Crippen molar-refractivity contribution in [3.05, 3.63) is 15.9 Å². The summed E-state index contributed by atoms with van der Waals surface area (Å²) in [7, 11) is 1.97. The molecule has 0 aliphatic heterocycles. The fraction of sp³-hybridized carbons (Fsp3) is 0.786. The standard InChI is InChI=1S/C14H24BrN3O/c1-10-13(15)11(2)18(17-10)8-6-12-5-4-7-14(12,9-19)16-3/h12,16,19H,4-9H2,1-3H3. The van der Waals surface area contributed by atoms with Crippen molar-refractivity contribution in [1.82, 2.24) is 15.1 Å². The number of hydrogen-bond acceptors (Lipinski definition) is 3. The number of nitrogens with one attached hydrogen (secondary N) is 1. The Morgan fingerprint density at radius 3 is 2.79 bits per heavy atom. The normalized spacial score (nSPS) is 27.1. The number of aliphatic hydroxyl groups excluding tert-OH is 1. The molecule has 2 atom stereocenters. The minimum Gasteiger partial charge on any atom is -0.394 e. The van der Waals surface area contributed by atoms with Crippen molar-refractivity contribution in [1.29, 1.82) is 0 Å². The van der Waals surface area contributed by atoms with Gasteiger partial charge < -0.3 is 10.4 Å². The SMILES string of the molecule is CNC1(CO)CCCC1CCn1nc(C)c(Br)c1C. The largest absolute Gasteiger partial charge is 0.394 e. The maximum atomic E-state index is 9.69. The van der Waals surface area contributed by atoms with E-state index in [-0.39, 0.29) is 12.1 Å². The summed E-state index contributed by atoms with van der Waals surface area (Å²) in [6.45, 7) is 5.27. The summed E-state index contributed by atoms with van der Waals surface area (Å²) in [5, 5.41) is 17.6. The number of halogens is 1. The minimum absolute atomic E-state index is 0.0761. The van der Waals surface area contributed by atoms with Crippen LogP contribution >= 0.6 is 15.9 Å². The third-order valence-corrected chi connectivity index (χ3v) is 5.87. The van der Waals surface area contributed by atoms with Gasteiger partial charge in [0.1, 0.15) is 0 Å². The van der Waals surface area contributed by atoms with Crippen LogP contribution in [0, 0.1) is 19.8 Å². The predicted molar refractivity (Wildman–Crippen MR) is 80.2 cm³/mol.